The van der Waals surface area contributed by atoms with E-state index in [0.717, 1.165) is 18.4 Å². The number of hydrogen-bond donors (Lipinski definition) is 1. The molecular formula is C16H32N2O. The third-order valence-corrected chi connectivity index (χ3v) is 5.35. The molecule has 3 nitrogen and oxygen atoms in total. The lowest BCUT2D eigenvalue weighted by molar-refractivity contribution is 0.0675. The molecule has 0 unspecified atom stereocenters. The largest absolute Gasteiger partial charge is 0.395 e. The molecule has 2 atom stereocenters. The molecule has 2 fully saturated rings. The summed E-state index contributed by atoms with van der Waals surface area (Å²) in [6.07, 6.45) is 8.19. The second-order valence-electron chi connectivity index (χ2n) is 6.77. The summed E-state index contributed by atoms with van der Waals surface area (Å²) in [5.74, 6) is 1.74. The molecule has 0 aromatic carbocycles. The van der Waals surface area contributed by atoms with Crippen molar-refractivity contribution in [2.24, 2.45) is 11.8 Å². The number of rotatable bonds is 5. The van der Waals surface area contributed by atoms with Crippen molar-refractivity contribution in [1.29, 1.82) is 0 Å². The number of likely N-dealkylation sites (tertiary alicyclic amines) is 1. The normalized spacial score (nSPS) is 30.9. The molecule has 0 radical (unpaired) electrons. The average Bonchev–Trinajstić information content (AvgIpc) is 2.42. The van der Waals surface area contributed by atoms with Crippen LogP contribution in [-0.4, -0.2) is 60.8 Å². The van der Waals surface area contributed by atoms with Gasteiger partial charge >= 0.3 is 0 Å². The highest BCUT2D eigenvalue weighted by molar-refractivity contribution is 4.82. The summed E-state index contributed by atoms with van der Waals surface area (Å²) in [6.45, 7) is 7.26. The van der Waals surface area contributed by atoms with Crippen molar-refractivity contribution in [2.45, 2.75) is 51.5 Å². The van der Waals surface area contributed by atoms with Crippen LogP contribution in [0.4, 0.5) is 0 Å². The van der Waals surface area contributed by atoms with Crippen LogP contribution in [0.25, 0.3) is 0 Å². The van der Waals surface area contributed by atoms with Crippen molar-refractivity contribution in [2.75, 3.05) is 39.8 Å². The molecule has 0 amide bonds. The smallest absolute Gasteiger partial charge is 0.0558 e. The van der Waals surface area contributed by atoms with E-state index in [1.165, 1.54) is 58.2 Å². The molecule has 3 heteroatoms. The van der Waals surface area contributed by atoms with Crippen molar-refractivity contribution in [3.8, 4) is 0 Å². The molecule has 0 bridgehead atoms. The molecule has 0 aromatic heterocycles. The third kappa shape index (κ3) is 4.44. The highest BCUT2D eigenvalue weighted by Gasteiger charge is 2.28. The van der Waals surface area contributed by atoms with E-state index in [0.29, 0.717) is 12.6 Å². The number of piperidine rings is 1. The maximum absolute atomic E-state index is 9.36. The zero-order valence-corrected chi connectivity index (χ0v) is 12.9. The van der Waals surface area contributed by atoms with Gasteiger partial charge in [-0.2, -0.15) is 0 Å². The van der Waals surface area contributed by atoms with E-state index in [1.54, 1.807) is 0 Å². The summed E-state index contributed by atoms with van der Waals surface area (Å²) in [4.78, 5) is 5.02. The first-order valence-electron chi connectivity index (χ1n) is 8.24. The summed E-state index contributed by atoms with van der Waals surface area (Å²) >= 11 is 0. The fourth-order valence-corrected chi connectivity index (χ4v) is 3.88. The van der Waals surface area contributed by atoms with Crippen molar-refractivity contribution in [3.63, 3.8) is 0 Å². The van der Waals surface area contributed by atoms with E-state index in [4.69, 9.17) is 0 Å². The first kappa shape index (κ1) is 15.3. The van der Waals surface area contributed by atoms with Crippen molar-refractivity contribution < 1.29 is 5.11 Å². The van der Waals surface area contributed by atoms with E-state index in [2.05, 4.69) is 23.8 Å². The minimum Gasteiger partial charge on any atom is -0.395 e. The summed E-state index contributed by atoms with van der Waals surface area (Å²) in [5, 5.41) is 9.36. The molecule has 0 spiro atoms. The van der Waals surface area contributed by atoms with Crippen LogP contribution in [-0.2, 0) is 0 Å². The topological polar surface area (TPSA) is 26.7 Å². The van der Waals surface area contributed by atoms with Gasteiger partial charge in [-0.15, -0.1) is 0 Å². The van der Waals surface area contributed by atoms with Gasteiger partial charge in [-0.05, 0) is 51.2 Å². The second-order valence-corrected chi connectivity index (χ2v) is 6.77. The Labute approximate surface area is 119 Å². The van der Waals surface area contributed by atoms with Crippen LogP contribution in [0, 0.1) is 11.8 Å². The van der Waals surface area contributed by atoms with Crippen LogP contribution in [0.5, 0.6) is 0 Å². The van der Waals surface area contributed by atoms with Crippen molar-refractivity contribution in [3.05, 3.63) is 0 Å². The number of hydrogen-bond acceptors (Lipinski definition) is 3. The molecule has 1 N–H and O–H groups in total. The minimum atomic E-state index is 0.313. The maximum Gasteiger partial charge on any atom is 0.0558 e. The lowest BCUT2D eigenvalue weighted by Crippen LogP contribution is -2.47. The Bertz CT molecular complexity index is 251. The van der Waals surface area contributed by atoms with Gasteiger partial charge in [-0.1, -0.05) is 26.2 Å². The van der Waals surface area contributed by atoms with E-state index >= 15 is 0 Å². The Morgan fingerprint density at radius 2 is 1.79 bits per heavy atom. The molecule has 1 aliphatic heterocycles. The SMILES string of the molecule is C[C@@H]1CCCC[C@@H]1CN(CCO)C1CCN(C)CC1. The van der Waals surface area contributed by atoms with E-state index in [-0.39, 0.29) is 0 Å². The standard InChI is InChI=1S/C16H32N2O/c1-14-5-3-4-6-15(14)13-18(11-12-19)16-7-9-17(2)10-8-16/h14-16,19H,3-13H2,1-2H3/t14-,15-/m1/s1. The molecule has 2 rings (SSSR count). The van der Waals surface area contributed by atoms with Gasteiger partial charge in [-0.25, -0.2) is 0 Å². The molecule has 1 saturated carbocycles. The zero-order chi connectivity index (χ0) is 13.7. The van der Waals surface area contributed by atoms with Gasteiger partial charge < -0.3 is 10.0 Å². The van der Waals surface area contributed by atoms with Crippen LogP contribution in [0.1, 0.15) is 45.4 Å². The monoisotopic (exact) mass is 268 g/mol. The van der Waals surface area contributed by atoms with Gasteiger partial charge in [0.05, 0.1) is 6.61 Å². The van der Waals surface area contributed by atoms with Gasteiger partial charge in [0.2, 0.25) is 0 Å². The maximum atomic E-state index is 9.36. The summed E-state index contributed by atoms with van der Waals surface area (Å²) in [7, 11) is 2.22. The fraction of sp³-hybridized carbons (Fsp3) is 1.00. The summed E-state index contributed by atoms with van der Waals surface area (Å²) in [6, 6.07) is 0.706. The zero-order valence-electron chi connectivity index (χ0n) is 12.9. The molecule has 112 valence electrons. The lowest BCUT2D eigenvalue weighted by Gasteiger charge is -2.40. The van der Waals surface area contributed by atoms with Gasteiger partial charge in [0.25, 0.3) is 0 Å². The Hall–Kier alpha value is -0.120. The molecule has 1 saturated heterocycles. The predicted molar refractivity (Wildman–Crippen MR) is 80.3 cm³/mol. The Balaban J connectivity index is 1.87. The van der Waals surface area contributed by atoms with Crippen LogP contribution < -0.4 is 0 Å². The quantitative estimate of drug-likeness (QED) is 0.828. The minimum absolute atomic E-state index is 0.313. The van der Waals surface area contributed by atoms with E-state index in [9.17, 15) is 5.11 Å². The Morgan fingerprint density at radius 3 is 2.42 bits per heavy atom. The molecular weight excluding hydrogens is 236 g/mol. The molecule has 2 aliphatic rings. The number of nitrogens with zero attached hydrogens (tertiary/aromatic N) is 2. The summed E-state index contributed by atoms with van der Waals surface area (Å²) in [5.41, 5.74) is 0. The number of aliphatic hydroxyl groups is 1. The van der Waals surface area contributed by atoms with Crippen LogP contribution >= 0.6 is 0 Å². The molecule has 19 heavy (non-hydrogen) atoms. The van der Waals surface area contributed by atoms with Crippen LogP contribution in [0.15, 0.2) is 0 Å². The molecule has 1 heterocycles. The lowest BCUT2D eigenvalue weighted by atomic mass is 9.80. The fourth-order valence-electron chi connectivity index (χ4n) is 3.88. The highest BCUT2D eigenvalue weighted by atomic mass is 16.3. The van der Waals surface area contributed by atoms with Crippen LogP contribution in [0.3, 0.4) is 0 Å². The van der Waals surface area contributed by atoms with Crippen LogP contribution in [0.2, 0.25) is 0 Å². The van der Waals surface area contributed by atoms with E-state index < -0.39 is 0 Å². The first-order chi connectivity index (χ1) is 9.20. The predicted octanol–water partition coefficient (Wildman–Crippen LogP) is 2.20. The first-order valence-corrected chi connectivity index (χ1v) is 8.24. The van der Waals surface area contributed by atoms with Gasteiger partial charge in [0.15, 0.2) is 0 Å². The summed E-state index contributed by atoms with van der Waals surface area (Å²) < 4.78 is 0. The second kappa shape index (κ2) is 7.61. The third-order valence-electron chi connectivity index (χ3n) is 5.35. The van der Waals surface area contributed by atoms with Crippen molar-refractivity contribution >= 4 is 0 Å². The molecule has 1 aliphatic carbocycles. The number of aliphatic hydroxyl groups excluding tert-OH is 1. The Kier molecular flexibility index (Phi) is 6.11. The Morgan fingerprint density at radius 1 is 1.11 bits per heavy atom. The van der Waals surface area contributed by atoms with Gasteiger partial charge in [0, 0.05) is 19.1 Å². The van der Waals surface area contributed by atoms with E-state index in [1.807, 2.05) is 0 Å². The average molecular weight is 268 g/mol. The van der Waals surface area contributed by atoms with Gasteiger partial charge in [0.1, 0.15) is 0 Å². The highest BCUT2D eigenvalue weighted by Crippen LogP contribution is 2.31. The van der Waals surface area contributed by atoms with Gasteiger partial charge in [-0.3, -0.25) is 4.90 Å². The molecule has 0 aromatic rings. The van der Waals surface area contributed by atoms with Crippen molar-refractivity contribution in [1.82, 2.24) is 9.80 Å².